The Bertz CT molecular complexity index is 1830. The molecule has 0 spiro atoms. The maximum Gasteiger partial charge on any atom is 0.179 e. The average Bonchev–Trinajstić information content (AvgIpc) is 3.17. The van der Waals surface area contributed by atoms with Gasteiger partial charge >= 0.3 is 0 Å². The maximum absolute atomic E-state index is 11.8. The number of Topliss-reactive ketones (excluding diaryl/α,β-unsaturated/α-hetero) is 1. The number of ketones is 1. The van der Waals surface area contributed by atoms with E-state index in [-0.39, 0.29) is 10.7 Å². The fourth-order valence-corrected chi connectivity index (χ4v) is 6.34. The summed E-state index contributed by atoms with van der Waals surface area (Å²) in [4.78, 5) is 13.3. The number of rotatable bonds is 8. The van der Waals surface area contributed by atoms with Crippen LogP contribution in [-0.4, -0.2) is 18.8 Å². The first-order valence-corrected chi connectivity index (χ1v) is 15.7. The molecule has 1 aromatic heterocycles. The van der Waals surface area contributed by atoms with Crippen molar-refractivity contribution in [3.63, 3.8) is 0 Å². The third-order valence-corrected chi connectivity index (χ3v) is 8.86. The topological polar surface area (TPSA) is 81.4 Å². The Labute approximate surface area is 254 Å². The molecule has 5 rings (SSSR count). The number of benzene rings is 3. The smallest absolute Gasteiger partial charge is 0.179 e. The molecule has 2 heterocycles. The molecule has 1 aliphatic rings. The summed E-state index contributed by atoms with van der Waals surface area (Å²) in [6.45, 7) is 10.6. The molecule has 220 valence electrons. The molecule has 0 saturated heterocycles. The van der Waals surface area contributed by atoms with Gasteiger partial charge in [0.25, 0.3) is 0 Å². The van der Waals surface area contributed by atoms with Crippen LogP contribution in [-0.2, 0) is 33.3 Å². The van der Waals surface area contributed by atoms with E-state index in [9.17, 15) is 17.8 Å². The normalized spacial score (nSPS) is 15.3. The van der Waals surface area contributed by atoms with E-state index in [1.165, 1.54) is 17.7 Å². The monoisotopic (exact) mass is 592 g/mol. The van der Waals surface area contributed by atoms with Crippen LogP contribution in [0.4, 0.5) is 11.4 Å². The van der Waals surface area contributed by atoms with Crippen molar-refractivity contribution < 1.29 is 22.3 Å². The van der Waals surface area contributed by atoms with E-state index in [1.807, 2.05) is 62.4 Å². The van der Waals surface area contributed by atoms with Crippen molar-refractivity contribution in [2.45, 2.75) is 57.9 Å². The molecule has 0 fully saturated rings. The van der Waals surface area contributed by atoms with Gasteiger partial charge in [-0.3, -0.25) is 4.79 Å². The van der Waals surface area contributed by atoms with Crippen LogP contribution in [0.1, 0.15) is 54.4 Å². The Morgan fingerprint density at radius 1 is 0.907 bits per heavy atom. The van der Waals surface area contributed by atoms with E-state index in [0.717, 1.165) is 51.7 Å². The Morgan fingerprint density at radius 3 is 2.14 bits per heavy atom. The van der Waals surface area contributed by atoms with Gasteiger partial charge in [-0.15, -0.1) is 0 Å². The number of pyridine rings is 1. The molecule has 4 aromatic rings. The first kappa shape index (κ1) is 30.1. The van der Waals surface area contributed by atoms with Crippen molar-refractivity contribution in [3.05, 3.63) is 136 Å². The second kappa shape index (κ2) is 11.7. The number of hydrogen-bond donors (Lipinski definition) is 0. The molecule has 0 bridgehead atoms. The molecule has 0 saturated carbocycles. The molecule has 0 N–H and O–H groups in total. The lowest BCUT2D eigenvalue weighted by Gasteiger charge is -2.27. The standard InChI is InChI=1S/C36H36N2O4S/c1-25-20-30(21-26(2)37(25)24-29-16-14-28(15-17-29)22-27(3)39)10-9-13-35-36(4,5)33-23-32(43(40,41)42)18-19-34(33)38(35)31-11-7-6-8-12-31/h6-21,23H,22,24H2,1-5H3. The number of nitrogens with zero attached hydrogens (tertiary/aromatic N) is 2. The number of carbonyl (C=O) groups excluding carboxylic acids is 1. The first-order valence-electron chi connectivity index (χ1n) is 14.3. The quantitative estimate of drug-likeness (QED) is 0.168. The maximum atomic E-state index is 11.8. The largest absolute Gasteiger partial charge is 0.744 e. The van der Waals surface area contributed by atoms with Gasteiger partial charge in [0.05, 0.1) is 10.6 Å². The SMILES string of the molecule is CC(=O)Cc1ccc(C[n+]2c(C)cc(C=CC=C3N(c4ccccc4)c4ccc(S(=O)(=O)[O-])cc4C3(C)C)cc2C)cc1. The molecule has 0 unspecified atom stereocenters. The van der Waals surface area contributed by atoms with Crippen molar-refractivity contribution in [1.29, 1.82) is 0 Å². The van der Waals surface area contributed by atoms with E-state index in [1.54, 1.807) is 13.0 Å². The summed E-state index contributed by atoms with van der Waals surface area (Å²) in [6.07, 6.45) is 6.62. The van der Waals surface area contributed by atoms with Gasteiger partial charge in [0.15, 0.2) is 17.9 Å². The van der Waals surface area contributed by atoms with Gasteiger partial charge in [-0.05, 0) is 60.0 Å². The lowest BCUT2D eigenvalue weighted by atomic mass is 9.83. The Kier molecular flexibility index (Phi) is 8.23. The number of aromatic nitrogens is 1. The second-order valence-electron chi connectivity index (χ2n) is 11.7. The van der Waals surface area contributed by atoms with Crippen molar-refractivity contribution in [3.8, 4) is 0 Å². The minimum absolute atomic E-state index is 0.158. The van der Waals surface area contributed by atoms with Gasteiger partial charge in [-0.2, -0.15) is 4.57 Å². The fraction of sp³-hybridized carbons (Fsp3) is 0.222. The van der Waals surface area contributed by atoms with Gasteiger partial charge in [-0.1, -0.05) is 68.5 Å². The molecular formula is C36H36N2O4S. The first-order chi connectivity index (χ1) is 20.3. The van der Waals surface area contributed by atoms with Gasteiger partial charge in [0, 0.05) is 54.8 Å². The van der Waals surface area contributed by atoms with E-state index in [2.05, 4.69) is 59.7 Å². The van der Waals surface area contributed by atoms with Crippen molar-refractivity contribution in [1.82, 2.24) is 0 Å². The van der Waals surface area contributed by atoms with Gasteiger partial charge < -0.3 is 9.45 Å². The number of para-hydroxylation sites is 1. The van der Waals surface area contributed by atoms with Crippen molar-refractivity contribution in [2.75, 3.05) is 4.90 Å². The minimum Gasteiger partial charge on any atom is -0.744 e. The summed E-state index contributed by atoms with van der Waals surface area (Å²) >= 11 is 0. The summed E-state index contributed by atoms with van der Waals surface area (Å²) in [5.74, 6) is 0.158. The van der Waals surface area contributed by atoms with E-state index in [0.29, 0.717) is 6.42 Å². The van der Waals surface area contributed by atoms with Crippen molar-refractivity contribution >= 4 is 33.4 Å². The third kappa shape index (κ3) is 6.38. The minimum atomic E-state index is -4.58. The third-order valence-electron chi connectivity index (χ3n) is 8.03. The highest BCUT2D eigenvalue weighted by Crippen LogP contribution is 2.51. The zero-order valence-electron chi connectivity index (χ0n) is 25.2. The summed E-state index contributed by atoms with van der Waals surface area (Å²) < 4.78 is 37.8. The molecule has 3 aromatic carbocycles. The lowest BCUT2D eigenvalue weighted by Crippen LogP contribution is -2.40. The fourth-order valence-electron chi connectivity index (χ4n) is 5.84. The lowest BCUT2D eigenvalue weighted by molar-refractivity contribution is -0.700. The summed E-state index contributed by atoms with van der Waals surface area (Å²) in [7, 11) is -4.58. The summed E-state index contributed by atoms with van der Waals surface area (Å²) in [5, 5.41) is 0. The van der Waals surface area contributed by atoms with Crippen LogP contribution in [0.25, 0.3) is 6.08 Å². The van der Waals surface area contributed by atoms with Crippen LogP contribution in [0.5, 0.6) is 0 Å². The predicted molar refractivity (Wildman–Crippen MR) is 169 cm³/mol. The highest BCUT2D eigenvalue weighted by atomic mass is 32.2. The molecule has 0 amide bonds. The van der Waals surface area contributed by atoms with Gasteiger partial charge in [0.2, 0.25) is 0 Å². The number of hydrogen-bond acceptors (Lipinski definition) is 5. The molecule has 0 atom stereocenters. The molecule has 0 aliphatic carbocycles. The van der Waals surface area contributed by atoms with Gasteiger partial charge in [-0.25, -0.2) is 8.42 Å². The second-order valence-corrected chi connectivity index (χ2v) is 13.1. The predicted octanol–water partition coefficient (Wildman–Crippen LogP) is 6.70. The average molecular weight is 593 g/mol. The van der Waals surface area contributed by atoms with Crippen LogP contribution in [0, 0.1) is 13.8 Å². The Balaban J connectivity index is 1.45. The zero-order chi connectivity index (χ0) is 30.9. The van der Waals surface area contributed by atoms with Crippen LogP contribution >= 0.6 is 0 Å². The van der Waals surface area contributed by atoms with Crippen LogP contribution < -0.4 is 9.47 Å². The number of carbonyl (C=O) groups is 1. The molecule has 7 heteroatoms. The molecule has 6 nitrogen and oxygen atoms in total. The highest BCUT2D eigenvalue weighted by Gasteiger charge is 2.41. The highest BCUT2D eigenvalue weighted by molar-refractivity contribution is 7.85. The van der Waals surface area contributed by atoms with Crippen LogP contribution in [0.3, 0.4) is 0 Å². The molecule has 0 radical (unpaired) electrons. The molecular weight excluding hydrogens is 556 g/mol. The zero-order valence-corrected chi connectivity index (χ0v) is 26.0. The number of allylic oxidation sites excluding steroid dienone is 3. The van der Waals surface area contributed by atoms with E-state index < -0.39 is 15.5 Å². The van der Waals surface area contributed by atoms with Crippen LogP contribution in [0.2, 0.25) is 0 Å². The Hall–Kier alpha value is -4.33. The number of fused-ring (bicyclic) bond motifs is 1. The van der Waals surface area contributed by atoms with E-state index in [4.69, 9.17) is 0 Å². The Morgan fingerprint density at radius 2 is 1.53 bits per heavy atom. The van der Waals surface area contributed by atoms with E-state index >= 15 is 0 Å². The summed E-state index contributed by atoms with van der Waals surface area (Å²) in [6, 6.07) is 27.1. The van der Waals surface area contributed by atoms with Crippen molar-refractivity contribution in [2.24, 2.45) is 0 Å². The summed E-state index contributed by atoms with van der Waals surface area (Å²) in [5.41, 5.74) is 8.54. The van der Waals surface area contributed by atoms with Gasteiger partial charge in [0.1, 0.15) is 15.9 Å². The number of anilines is 2. The molecule has 1 aliphatic heterocycles. The number of aryl methyl sites for hydroxylation is 2. The van der Waals surface area contributed by atoms with Crippen LogP contribution in [0.15, 0.2) is 108 Å². The molecule has 43 heavy (non-hydrogen) atoms.